The third kappa shape index (κ3) is 3.71. The van der Waals surface area contributed by atoms with E-state index in [0.717, 1.165) is 37.7 Å². The van der Waals surface area contributed by atoms with Crippen molar-refractivity contribution in [2.24, 2.45) is 11.8 Å². The molecule has 0 bridgehead atoms. The summed E-state index contributed by atoms with van der Waals surface area (Å²) < 4.78 is 5.31. The first-order valence-electron chi connectivity index (χ1n) is 8.85. The molecule has 1 aromatic rings. The van der Waals surface area contributed by atoms with E-state index >= 15 is 0 Å². The summed E-state index contributed by atoms with van der Waals surface area (Å²) in [7, 11) is 0. The lowest BCUT2D eigenvalue weighted by molar-refractivity contribution is -0.141. The Morgan fingerprint density at radius 1 is 1.20 bits per heavy atom. The lowest BCUT2D eigenvalue weighted by Gasteiger charge is -2.19. The van der Waals surface area contributed by atoms with E-state index in [1.165, 1.54) is 4.90 Å². The van der Waals surface area contributed by atoms with Crippen molar-refractivity contribution in [1.29, 1.82) is 0 Å². The van der Waals surface area contributed by atoms with Gasteiger partial charge in [0.15, 0.2) is 0 Å². The van der Waals surface area contributed by atoms with E-state index in [4.69, 9.17) is 16.3 Å². The minimum Gasteiger partial charge on any atom is -0.426 e. The van der Waals surface area contributed by atoms with Gasteiger partial charge in [0.25, 0.3) is 0 Å². The zero-order valence-corrected chi connectivity index (χ0v) is 15.1. The van der Waals surface area contributed by atoms with Crippen molar-refractivity contribution < 1.29 is 19.1 Å². The van der Waals surface area contributed by atoms with E-state index in [0.29, 0.717) is 10.8 Å². The topological polar surface area (TPSA) is 63.7 Å². The number of benzene rings is 1. The molecule has 25 heavy (non-hydrogen) atoms. The summed E-state index contributed by atoms with van der Waals surface area (Å²) in [5.74, 6) is -0.635. The molecule has 0 unspecified atom stereocenters. The molecule has 2 aliphatic rings. The number of hydrogen-bond donors (Lipinski definition) is 0. The number of halogens is 1. The van der Waals surface area contributed by atoms with Gasteiger partial charge in [0.05, 0.1) is 18.3 Å². The summed E-state index contributed by atoms with van der Waals surface area (Å²) in [6.07, 6.45) is 4.28. The van der Waals surface area contributed by atoms with Crippen molar-refractivity contribution >= 4 is 29.4 Å². The van der Waals surface area contributed by atoms with Crippen molar-refractivity contribution in [1.82, 2.24) is 4.90 Å². The summed E-state index contributed by atoms with van der Waals surface area (Å²) in [5, 5.41) is 0.637. The molecule has 1 heterocycles. The number of rotatable bonds is 5. The van der Waals surface area contributed by atoms with Crippen LogP contribution >= 0.6 is 11.6 Å². The van der Waals surface area contributed by atoms with E-state index in [1.54, 1.807) is 18.2 Å². The molecule has 6 heteroatoms. The highest BCUT2D eigenvalue weighted by atomic mass is 35.5. The first-order chi connectivity index (χ1) is 12.0. The fraction of sp³-hybridized carbons (Fsp3) is 0.526. The highest BCUT2D eigenvalue weighted by Crippen LogP contribution is 2.38. The van der Waals surface area contributed by atoms with Crippen molar-refractivity contribution in [2.75, 3.05) is 6.54 Å². The summed E-state index contributed by atoms with van der Waals surface area (Å²) in [6, 6.07) is 5.07. The summed E-state index contributed by atoms with van der Waals surface area (Å²) in [6.45, 7) is 2.06. The number of amides is 2. The van der Waals surface area contributed by atoms with Crippen LogP contribution in [0, 0.1) is 11.8 Å². The summed E-state index contributed by atoms with van der Waals surface area (Å²) in [5.41, 5.74) is 0.904. The largest absolute Gasteiger partial charge is 0.426 e. The molecule has 1 aromatic carbocycles. The molecule has 0 radical (unpaired) electrons. The number of likely N-dealkylation sites (tertiary alicyclic amines) is 1. The number of fused-ring (bicyclic) bond motifs is 1. The molecule has 0 aromatic heterocycles. The van der Waals surface area contributed by atoms with E-state index in [9.17, 15) is 14.4 Å². The average Bonchev–Trinajstić information content (AvgIpc) is 2.86. The SMILES string of the molecule is CCc1cc(OC(=O)CCN2C(=O)[C@@H]3CCCC[C@H]3C2=O)ccc1Cl. The van der Waals surface area contributed by atoms with Crippen LogP contribution in [0.2, 0.25) is 5.02 Å². The van der Waals surface area contributed by atoms with Gasteiger partial charge in [0.2, 0.25) is 11.8 Å². The summed E-state index contributed by atoms with van der Waals surface area (Å²) >= 11 is 6.05. The predicted octanol–water partition coefficient (Wildman–Crippen LogP) is 3.37. The highest BCUT2D eigenvalue weighted by molar-refractivity contribution is 6.31. The third-order valence-corrected chi connectivity index (χ3v) is 5.47. The Balaban J connectivity index is 1.57. The van der Waals surface area contributed by atoms with Crippen LogP contribution in [0.4, 0.5) is 0 Å². The predicted molar refractivity (Wildman–Crippen MR) is 93.3 cm³/mol. The number of ether oxygens (including phenoxy) is 1. The first-order valence-corrected chi connectivity index (χ1v) is 9.23. The van der Waals surface area contributed by atoms with Crippen LogP contribution < -0.4 is 4.74 Å². The Bertz CT molecular complexity index is 679. The van der Waals surface area contributed by atoms with Crippen LogP contribution in [0.3, 0.4) is 0 Å². The summed E-state index contributed by atoms with van der Waals surface area (Å²) in [4.78, 5) is 38.1. The zero-order valence-electron chi connectivity index (χ0n) is 14.3. The van der Waals surface area contributed by atoms with Gasteiger partial charge in [0.1, 0.15) is 5.75 Å². The maximum absolute atomic E-state index is 12.4. The molecular weight excluding hydrogens is 342 g/mol. The maximum Gasteiger partial charge on any atom is 0.312 e. The molecule has 1 aliphatic heterocycles. The van der Waals surface area contributed by atoms with E-state index in [2.05, 4.69) is 0 Å². The minimum atomic E-state index is -0.458. The molecule has 0 N–H and O–H groups in total. The van der Waals surface area contributed by atoms with Crippen LogP contribution in [-0.4, -0.2) is 29.2 Å². The second-order valence-electron chi connectivity index (χ2n) is 6.66. The van der Waals surface area contributed by atoms with Gasteiger partial charge in [-0.25, -0.2) is 0 Å². The lowest BCUT2D eigenvalue weighted by atomic mass is 9.81. The minimum absolute atomic E-state index is 0.000997. The Hall–Kier alpha value is -1.88. The van der Waals surface area contributed by atoms with Gasteiger partial charge < -0.3 is 4.74 Å². The molecule has 0 spiro atoms. The smallest absolute Gasteiger partial charge is 0.312 e. The molecule has 2 fully saturated rings. The molecular formula is C19H22ClNO4. The molecule has 1 aliphatic carbocycles. The quantitative estimate of drug-likeness (QED) is 0.457. The van der Waals surface area contributed by atoms with Crippen molar-refractivity contribution in [3.05, 3.63) is 28.8 Å². The first kappa shape index (κ1) is 17.9. The fourth-order valence-corrected chi connectivity index (χ4v) is 3.97. The van der Waals surface area contributed by atoms with Gasteiger partial charge in [-0.2, -0.15) is 0 Å². The molecule has 1 saturated carbocycles. The van der Waals surface area contributed by atoms with Gasteiger partial charge in [-0.05, 0) is 43.0 Å². The number of aryl methyl sites for hydroxylation is 1. The van der Waals surface area contributed by atoms with Crippen LogP contribution in [-0.2, 0) is 20.8 Å². The monoisotopic (exact) mass is 363 g/mol. The number of hydrogen-bond acceptors (Lipinski definition) is 4. The third-order valence-electron chi connectivity index (χ3n) is 5.10. The van der Waals surface area contributed by atoms with Crippen LogP contribution in [0.1, 0.15) is 44.6 Å². The molecule has 5 nitrogen and oxygen atoms in total. The van der Waals surface area contributed by atoms with Crippen LogP contribution in [0.15, 0.2) is 18.2 Å². The van der Waals surface area contributed by atoms with Crippen molar-refractivity contribution in [2.45, 2.75) is 45.4 Å². The van der Waals surface area contributed by atoms with Gasteiger partial charge in [-0.1, -0.05) is 31.4 Å². The average molecular weight is 364 g/mol. The highest BCUT2D eigenvalue weighted by Gasteiger charge is 2.47. The number of carbonyl (C=O) groups is 3. The second-order valence-corrected chi connectivity index (χ2v) is 7.06. The molecule has 2 amide bonds. The standard InChI is InChI=1S/C19H22ClNO4/c1-2-12-11-13(7-8-16(12)20)25-17(22)9-10-21-18(23)14-5-3-4-6-15(14)19(21)24/h7-8,11,14-15H,2-6,9-10H2,1H3/t14-,15-/m1/s1. The molecule has 3 rings (SSSR count). The van der Waals surface area contributed by atoms with Crippen LogP contribution in [0.5, 0.6) is 5.75 Å². The van der Waals surface area contributed by atoms with Crippen molar-refractivity contribution in [3.8, 4) is 5.75 Å². The Kier molecular flexibility index (Phi) is 5.42. The van der Waals surface area contributed by atoms with Gasteiger partial charge in [-0.3, -0.25) is 19.3 Å². The number of nitrogens with zero attached hydrogens (tertiary/aromatic N) is 1. The number of imide groups is 1. The normalized spacial score (nSPS) is 22.9. The van der Waals surface area contributed by atoms with Gasteiger partial charge >= 0.3 is 5.97 Å². The Morgan fingerprint density at radius 2 is 1.84 bits per heavy atom. The van der Waals surface area contributed by atoms with Gasteiger partial charge in [0, 0.05) is 11.6 Å². The van der Waals surface area contributed by atoms with E-state index < -0.39 is 5.97 Å². The second kappa shape index (κ2) is 7.56. The molecule has 2 atom stereocenters. The van der Waals surface area contributed by atoms with Gasteiger partial charge in [-0.15, -0.1) is 0 Å². The Morgan fingerprint density at radius 3 is 2.44 bits per heavy atom. The lowest BCUT2D eigenvalue weighted by Crippen LogP contribution is -2.33. The zero-order chi connectivity index (χ0) is 18.0. The number of carbonyl (C=O) groups excluding carboxylic acids is 3. The van der Waals surface area contributed by atoms with E-state index in [-0.39, 0.29) is 36.6 Å². The molecule has 1 saturated heterocycles. The number of esters is 1. The van der Waals surface area contributed by atoms with Crippen LogP contribution in [0.25, 0.3) is 0 Å². The van der Waals surface area contributed by atoms with E-state index in [1.807, 2.05) is 6.92 Å². The molecule has 134 valence electrons. The fourth-order valence-electron chi connectivity index (χ4n) is 3.72. The van der Waals surface area contributed by atoms with Crippen molar-refractivity contribution in [3.63, 3.8) is 0 Å². The Labute approximate surface area is 152 Å². The maximum atomic E-state index is 12.4.